The van der Waals surface area contributed by atoms with E-state index in [0.29, 0.717) is 22.2 Å². The number of benzene rings is 1. The number of carbonyl (C=O) groups is 1. The predicted octanol–water partition coefficient (Wildman–Crippen LogP) is 3.38. The van der Waals surface area contributed by atoms with Gasteiger partial charge in [-0.25, -0.2) is 0 Å². The lowest BCUT2D eigenvalue weighted by atomic mass is 10.4. The molecule has 1 aromatic carbocycles. The SMILES string of the molecule is CCCNC(=O)c1ccc(C[S@@](=O)c2ccc(Cl)cc2)o1. The topological polar surface area (TPSA) is 59.3 Å². The number of rotatable bonds is 6. The van der Waals surface area contributed by atoms with E-state index in [-0.39, 0.29) is 17.4 Å². The zero-order valence-corrected chi connectivity index (χ0v) is 13.2. The van der Waals surface area contributed by atoms with Crippen LogP contribution in [0.2, 0.25) is 5.02 Å². The van der Waals surface area contributed by atoms with Crippen molar-refractivity contribution in [1.82, 2.24) is 5.32 Å². The van der Waals surface area contributed by atoms with E-state index in [9.17, 15) is 9.00 Å². The minimum Gasteiger partial charge on any atom is -0.455 e. The van der Waals surface area contributed by atoms with Crippen molar-refractivity contribution in [2.24, 2.45) is 0 Å². The van der Waals surface area contributed by atoms with E-state index in [2.05, 4.69) is 5.32 Å². The Labute approximate surface area is 130 Å². The van der Waals surface area contributed by atoms with Crippen LogP contribution in [0.5, 0.6) is 0 Å². The molecule has 0 aliphatic heterocycles. The molecule has 6 heteroatoms. The second kappa shape index (κ2) is 7.43. The van der Waals surface area contributed by atoms with Crippen molar-refractivity contribution < 1.29 is 13.4 Å². The highest BCUT2D eigenvalue weighted by molar-refractivity contribution is 7.84. The van der Waals surface area contributed by atoms with Crippen LogP contribution >= 0.6 is 11.6 Å². The van der Waals surface area contributed by atoms with Gasteiger partial charge in [0, 0.05) is 16.5 Å². The fourth-order valence-corrected chi connectivity index (χ4v) is 2.85. The molecule has 1 atom stereocenters. The van der Waals surface area contributed by atoms with Crippen LogP contribution < -0.4 is 5.32 Å². The van der Waals surface area contributed by atoms with Crippen LogP contribution in [0.1, 0.15) is 29.7 Å². The molecule has 1 N–H and O–H groups in total. The Bertz CT molecular complexity index is 637. The van der Waals surface area contributed by atoms with Gasteiger partial charge in [0.15, 0.2) is 5.76 Å². The number of hydrogen-bond acceptors (Lipinski definition) is 3. The zero-order valence-electron chi connectivity index (χ0n) is 11.6. The van der Waals surface area contributed by atoms with Gasteiger partial charge in [-0.3, -0.25) is 9.00 Å². The molecule has 2 aromatic rings. The second-order valence-corrected chi connectivity index (χ2v) is 6.35. The van der Waals surface area contributed by atoms with Crippen molar-refractivity contribution in [2.45, 2.75) is 24.0 Å². The summed E-state index contributed by atoms with van der Waals surface area (Å²) in [5.41, 5.74) is 0. The summed E-state index contributed by atoms with van der Waals surface area (Å²) in [5.74, 6) is 0.736. The molecule has 0 aliphatic carbocycles. The Kier molecular flexibility index (Phi) is 5.59. The summed E-state index contributed by atoms with van der Waals surface area (Å²) < 4.78 is 17.6. The number of nitrogens with one attached hydrogen (secondary N) is 1. The maximum atomic E-state index is 12.2. The molecule has 0 saturated carbocycles. The van der Waals surface area contributed by atoms with Gasteiger partial charge in [-0.2, -0.15) is 0 Å². The van der Waals surface area contributed by atoms with Gasteiger partial charge in [-0.05, 0) is 42.8 Å². The largest absolute Gasteiger partial charge is 0.455 e. The molecule has 0 aliphatic rings. The van der Waals surface area contributed by atoms with E-state index in [1.54, 1.807) is 36.4 Å². The Morgan fingerprint density at radius 2 is 1.95 bits per heavy atom. The summed E-state index contributed by atoms with van der Waals surface area (Å²) in [6.07, 6.45) is 0.861. The first kappa shape index (κ1) is 15.8. The van der Waals surface area contributed by atoms with Gasteiger partial charge in [0.25, 0.3) is 5.91 Å². The molecular formula is C15H16ClNO3S. The molecule has 1 aromatic heterocycles. The number of amides is 1. The van der Waals surface area contributed by atoms with Gasteiger partial charge in [-0.15, -0.1) is 0 Å². The highest BCUT2D eigenvalue weighted by Crippen LogP contribution is 2.17. The van der Waals surface area contributed by atoms with E-state index < -0.39 is 10.8 Å². The second-order valence-electron chi connectivity index (χ2n) is 4.47. The first-order valence-corrected chi connectivity index (χ1v) is 8.30. The molecule has 0 radical (unpaired) electrons. The van der Waals surface area contributed by atoms with E-state index in [1.807, 2.05) is 6.92 Å². The number of furan rings is 1. The van der Waals surface area contributed by atoms with E-state index in [0.717, 1.165) is 6.42 Å². The van der Waals surface area contributed by atoms with Gasteiger partial charge >= 0.3 is 0 Å². The van der Waals surface area contributed by atoms with Crippen molar-refractivity contribution in [3.8, 4) is 0 Å². The summed E-state index contributed by atoms with van der Waals surface area (Å²) >= 11 is 5.79. The van der Waals surface area contributed by atoms with Gasteiger partial charge in [-0.1, -0.05) is 18.5 Å². The summed E-state index contributed by atoms with van der Waals surface area (Å²) in [6.45, 7) is 2.58. The molecule has 0 spiro atoms. The quantitative estimate of drug-likeness (QED) is 0.885. The van der Waals surface area contributed by atoms with Gasteiger partial charge in [0.05, 0.1) is 16.6 Å². The minimum atomic E-state index is -1.23. The maximum Gasteiger partial charge on any atom is 0.286 e. The van der Waals surface area contributed by atoms with Crippen LogP contribution in [0.3, 0.4) is 0 Å². The van der Waals surface area contributed by atoms with E-state index in [1.165, 1.54) is 0 Å². The van der Waals surface area contributed by atoms with Crippen LogP contribution in [0, 0.1) is 0 Å². The van der Waals surface area contributed by atoms with Crippen molar-refractivity contribution in [3.05, 3.63) is 52.9 Å². The van der Waals surface area contributed by atoms with Crippen molar-refractivity contribution in [2.75, 3.05) is 6.54 Å². The average molecular weight is 326 g/mol. The minimum absolute atomic E-state index is 0.225. The molecule has 0 fully saturated rings. The van der Waals surface area contributed by atoms with Crippen LogP contribution in [0.4, 0.5) is 0 Å². The maximum absolute atomic E-state index is 12.2. The molecule has 1 amide bonds. The number of hydrogen-bond donors (Lipinski definition) is 1. The highest BCUT2D eigenvalue weighted by Gasteiger charge is 2.13. The summed E-state index contributed by atoms with van der Waals surface area (Å²) in [7, 11) is -1.23. The predicted molar refractivity (Wildman–Crippen MR) is 82.9 cm³/mol. The van der Waals surface area contributed by atoms with Crippen LogP contribution in [0.25, 0.3) is 0 Å². The normalized spacial score (nSPS) is 12.1. The van der Waals surface area contributed by atoms with Gasteiger partial charge < -0.3 is 9.73 Å². The van der Waals surface area contributed by atoms with E-state index >= 15 is 0 Å². The standard InChI is InChI=1S/C15H16ClNO3S/c1-2-9-17-15(18)14-8-5-12(20-14)10-21(19)13-6-3-11(16)4-7-13/h3-8H,2,9-10H2,1H3,(H,17,18)/t21-/m1/s1. The lowest BCUT2D eigenvalue weighted by molar-refractivity contribution is 0.0924. The summed E-state index contributed by atoms with van der Waals surface area (Å²) in [5, 5.41) is 3.33. The van der Waals surface area contributed by atoms with E-state index in [4.69, 9.17) is 16.0 Å². The first-order valence-electron chi connectivity index (χ1n) is 6.61. The fourth-order valence-electron chi connectivity index (χ4n) is 1.70. The van der Waals surface area contributed by atoms with Crippen molar-refractivity contribution in [1.29, 1.82) is 0 Å². The highest BCUT2D eigenvalue weighted by atomic mass is 35.5. The molecule has 21 heavy (non-hydrogen) atoms. The van der Waals surface area contributed by atoms with Gasteiger partial charge in [0.1, 0.15) is 5.76 Å². The van der Waals surface area contributed by atoms with Crippen LogP contribution in [-0.2, 0) is 16.6 Å². The average Bonchev–Trinajstić information content (AvgIpc) is 2.94. The lowest BCUT2D eigenvalue weighted by Crippen LogP contribution is -2.23. The first-order chi connectivity index (χ1) is 10.1. The third kappa shape index (κ3) is 4.44. The molecular weight excluding hydrogens is 310 g/mol. The molecule has 1 heterocycles. The Hall–Kier alpha value is -1.59. The third-order valence-electron chi connectivity index (χ3n) is 2.77. The number of halogens is 1. The molecule has 2 rings (SSSR count). The lowest BCUT2D eigenvalue weighted by Gasteiger charge is -2.01. The summed E-state index contributed by atoms with van der Waals surface area (Å²) in [6, 6.07) is 10.1. The smallest absolute Gasteiger partial charge is 0.286 e. The third-order valence-corrected chi connectivity index (χ3v) is 4.37. The fraction of sp³-hybridized carbons (Fsp3) is 0.267. The van der Waals surface area contributed by atoms with Crippen molar-refractivity contribution >= 4 is 28.3 Å². The van der Waals surface area contributed by atoms with Crippen LogP contribution in [-0.4, -0.2) is 16.7 Å². The van der Waals surface area contributed by atoms with Gasteiger partial charge in [0.2, 0.25) is 0 Å². The molecule has 0 bridgehead atoms. The monoisotopic (exact) mass is 325 g/mol. The Morgan fingerprint density at radius 1 is 1.24 bits per heavy atom. The zero-order chi connectivity index (χ0) is 15.2. The summed E-state index contributed by atoms with van der Waals surface area (Å²) in [4.78, 5) is 12.4. The Balaban J connectivity index is 2.00. The molecule has 4 nitrogen and oxygen atoms in total. The Morgan fingerprint density at radius 3 is 2.62 bits per heavy atom. The molecule has 0 saturated heterocycles. The van der Waals surface area contributed by atoms with Crippen molar-refractivity contribution in [3.63, 3.8) is 0 Å². The van der Waals surface area contributed by atoms with Crippen LogP contribution in [0.15, 0.2) is 45.7 Å². The number of carbonyl (C=O) groups excluding carboxylic acids is 1. The molecule has 0 unspecified atom stereocenters. The molecule has 112 valence electrons.